The Balaban J connectivity index is 2.11. The first kappa shape index (κ1) is 11.3. The number of nitrogens with zero attached hydrogens (tertiary/aromatic N) is 2. The fourth-order valence-electron chi connectivity index (χ4n) is 2.35. The van der Waals surface area contributed by atoms with Crippen LogP contribution in [0.25, 0.3) is 10.2 Å². The fourth-order valence-corrected chi connectivity index (χ4v) is 3.93. The molecule has 17 heavy (non-hydrogen) atoms. The third-order valence-electron chi connectivity index (χ3n) is 3.26. The molecule has 2 aromatic heterocycles. The van der Waals surface area contributed by atoms with Gasteiger partial charge in [-0.05, 0) is 24.8 Å². The maximum absolute atomic E-state index is 9.24. The van der Waals surface area contributed by atoms with Crippen molar-refractivity contribution in [3.8, 4) is 0 Å². The average Bonchev–Trinajstić information content (AvgIpc) is 2.67. The summed E-state index contributed by atoms with van der Waals surface area (Å²) in [6, 6.07) is 0. The largest absolute Gasteiger partial charge is 0.368 e. The molecule has 90 valence electrons. The van der Waals surface area contributed by atoms with Gasteiger partial charge < -0.3 is 10.2 Å². The minimum atomic E-state index is -1.24. The van der Waals surface area contributed by atoms with E-state index in [1.807, 2.05) is 0 Å². The lowest BCUT2D eigenvalue weighted by atomic mass is 9.87. The van der Waals surface area contributed by atoms with Crippen molar-refractivity contribution in [2.24, 2.45) is 5.92 Å². The van der Waals surface area contributed by atoms with Gasteiger partial charge in [0.2, 0.25) is 0 Å². The molecular formula is C11H11ClN2O2S. The van der Waals surface area contributed by atoms with Crippen LogP contribution in [0.2, 0.25) is 5.15 Å². The predicted molar refractivity (Wildman–Crippen MR) is 66.2 cm³/mol. The summed E-state index contributed by atoms with van der Waals surface area (Å²) in [5.74, 6) is -0.0812. The summed E-state index contributed by atoms with van der Waals surface area (Å²) >= 11 is 7.67. The maximum Gasteiger partial charge on any atom is 0.154 e. The normalized spacial score (nSPS) is 19.9. The van der Waals surface area contributed by atoms with Crippen molar-refractivity contribution in [3.05, 3.63) is 21.9 Å². The van der Waals surface area contributed by atoms with Gasteiger partial charge in [-0.3, -0.25) is 0 Å². The fraction of sp³-hybridized carbons (Fsp3) is 0.455. The number of aryl methyl sites for hydroxylation is 1. The maximum atomic E-state index is 9.24. The van der Waals surface area contributed by atoms with Gasteiger partial charge in [-0.2, -0.15) is 0 Å². The molecule has 3 rings (SSSR count). The third kappa shape index (κ3) is 1.83. The van der Waals surface area contributed by atoms with Crippen LogP contribution >= 0.6 is 22.9 Å². The number of hydrogen-bond acceptors (Lipinski definition) is 5. The molecule has 0 saturated carbocycles. The summed E-state index contributed by atoms with van der Waals surface area (Å²) in [6.07, 6.45) is 2.48. The molecule has 0 spiro atoms. The molecule has 0 fully saturated rings. The number of halogens is 1. The molecule has 6 heteroatoms. The number of fused-ring (bicyclic) bond motifs is 3. The van der Waals surface area contributed by atoms with E-state index in [4.69, 9.17) is 11.6 Å². The molecule has 1 aliphatic carbocycles. The lowest BCUT2D eigenvalue weighted by Crippen LogP contribution is -2.25. The zero-order valence-electron chi connectivity index (χ0n) is 8.93. The van der Waals surface area contributed by atoms with E-state index >= 15 is 0 Å². The first-order valence-electron chi connectivity index (χ1n) is 5.43. The summed E-state index contributed by atoms with van der Waals surface area (Å²) in [7, 11) is 0. The quantitative estimate of drug-likeness (QED) is 0.612. The van der Waals surface area contributed by atoms with Crippen molar-refractivity contribution in [2.45, 2.75) is 25.6 Å². The first-order valence-corrected chi connectivity index (χ1v) is 6.63. The smallest absolute Gasteiger partial charge is 0.154 e. The number of aliphatic hydroxyl groups excluding tert-OH is 1. The van der Waals surface area contributed by atoms with Crippen LogP contribution in [0.1, 0.15) is 16.9 Å². The van der Waals surface area contributed by atoms with Crippen LogP contribution < -0.4 is 0 Å². The number of hydrogen-bond donors (Lipinski definition) is 2. The van der Waals surface area contributed by atoms with Crippen LogP contribution in [-0.2, 0) is 12.8 Å². The van der Waals surface area contributed by atoms with E-state index in [1.54, 1.807) is 11.3 Å². The van der Waals surface area contributed by atoms with Crippen molar-refractivity contribution >= 4 is 33.2 Å². The first-order chi connectivity index (χ1) is 8.16. The third-order valence-corrected chi connectivity index (χ3v) is 4.71. The highest BCUT2D eigenvalue weighted by Gasteiger charge is 2.27. The lowest BCUT2D eigenvalue weighted by Gasteiger charge is -2.23. The van der Waals surface area contributed by atoms with Gasteiger partial charge in [0.15, 0.2) is 6.29 Å². The molecule has 0 bridgehead atoms. The van der Waals surface area contributed by atoms with Gasteiger partial charge in [-0.25, -0.2) is 9.97 Å². The molecule has 2 aromatic rings. The van der Waals surface area contributed by atoms with Crippen LogP contribution in [0.4, 0.5) is 0 Å². The van der Waals surface area contributed by atoms with E-state index in [9.17, 15) is 10.2 Å². The van der Waals surface area contributed by atoms with Gasteiger partial charge in [0.05, 0.1) is 5.39 Å². The monoisotopic (exact) mass is 270 g/mol. The minimum absolute atomic E-state index is 0.0812. The Morgan fingerprint density at radius 1 is 1.41 bits per heavy atom. The van der Waals surface area contributed by atoms with Gasteiger partial charge in [0, 0.05) is 10.8 Å². The lowest BCUT2D eigenvalue weighted by molar-refractivity contribution is -0.0865. The van der Waals surface area contributed by atoms with E-state index in [1.165, 1.54) is 11.9 Å². The summed E-state index contributed by atoms with van der Waals surface area (Å²) < 4.78 is 0. The topological polar surface area (TPSA) is 66.2 Å². The second kappa shape index (κ2) is 4.17. The van der Waals surface area contributed by atoms with Crippen LogP contribution in [0.15, 0.2) is 6.33 Å². The summed E-state index contributed by atoms with van der Waals surface area (Å²) in [4.78, 5) is 10.3. The van der Waals surface area contributed by atoms with Crippen LogP contribution in [-0.4, -0.2) is 26.5 Å². The summed E-state index contributed by atoms with van der Waals surface area (Å²) in [5.41, 5.74) is 1.19. The molecule has 1 aliphatic rings. The van der Waals surface area contributed by atoms with Crippen molar-refractivity contribution in [2.75, 3.05) is 0 Å². The molecule has 2 N–H and O–H groups in total. The molecule has 0 aromatic carbocycles. The van der Waals surface area contributed by atoms with E-state index in [2.05, 4.69) is 9.97 Å². The van der Waals surface area contributed by atoms with Gasteiger partial charge in [-0.15, -0.1) is 11.3 Å². The standard InChI is InChI=1S/C11H11ClN2O2S/c12-9-8-6-2-1-5(11(15)16)3-7(6)17-10(8)14-4-13-9/h4-5,11,15-16H,1-3H2. The molecule has 4 nitrogen and oxygen atoms in total. The average molecular weight is 271 g/mol. The number of rotatable bonds is 1. The number of aliphatic hydroxyl groups is 2. The molecule has 1 atom stereocenters. The van der Waals surface area contributed by atoms with Crippen LogP contribution in [0.5, 0.6) is 0 Å². The predicted octanol–water partition coefficient (Wildman–Crippen LogP) is 1.76. The molecule has 1 unspecified atom stereocenters. The second-order valence-corrected chi connectivity index (χ2v) is 5.71. The van der Waals surface area contributed by atoms with Gasteiger partial charge >= 0.3 is 0 Å². The zero-order valence-corrected chi connectivity index (χ0v) is 10.5. The summed E-state index contributed by atoms with van der Waals surface area (Å²) in [5, 5.41) is 19.9. The van der Waals surface area contributed by atoms with Crippen molar-refractivity contribution in [1.82, 2.24) is 9.97 Å². The Labute approximate surface area is 107 Å². The van der Waals surface area contributed by atoms with Gasteiger partial charge in [0.1, 0.15) is 16.3 Å². The number of aromatic nitrogens is 2. The molecule has 2 heterocycles. The molecule has 0 amide bonds. The van der Waals surface area contributed by atoms with E-state index in [-0.39, 0.29) is 5.92 Å². The van der Waals surface area contributed by atoms with Crippen molar-refractivity contribution < 1.29 is 10.2 Å². The Hall–Kier alpha value is -0.750. The Morgan fingerprint density at radius 2 is 2.24 bits per heavy atom. The number of thiophene rings is 1. The van der Waals surface area contributed by atoms with E-state index in [0.29, 0.717) is 11.6 Å². The molecule has 0 aliphatic heterocycles. The van der Waals surface area contributed by atoms with Crippen molar-refractivity contribution in [3.63, 3.8) is 0 Å². The Bertz CT molecular complexity index is 570. The van der Waals surface area contributed by atoms with Gasteiger partial charge in [-0.1, -0.05) is 11.6 Å². The van der Waals surface area contributed by atoms with Crippen LogP contribution in [0, 0.1) is 5.92 Å². The Kier molecular flexibility index (Phi) is 2.78. The summed E-state index contributed by atoms with van der Waals surface area (Å²) in [6.45, 7) is 0. The van der Waals surface area contributed by atoms with Crippen molar-refractivity contribution in [1.29, 1.82) is 0 Å². The minimum Gasteiger partial charge on any atom is -0.368 e. The van der Waals surface area contributed by atoms with E-state index < -0.39 is 6.29 Å². The second-order valence-electron chi connectivity index (χ2n) is 4.26. The Morgan fingerprint density at radius 3 is 3.00 bits per heavy atom. The SMILES string of the molecule is OC(O)C1CCc2c(sc3ncnc(Cl)c23)C1. The molecule has 0 radical (unpaired) electrons. The zero-order chi connectivity index (χ0) is 12.0. The van der Waals surface area contributed by atoms with Crippen LogP contribution in [0.3, 0.4) is 0 Å². The molecule has 0 saturated heterocycles. The van der Waals surface area contributed by atoms with E-state index in [0.717, 1.165) is 27.9 Å². The highest BCUT2D eigenvalue weighted by molar-refractivity contribution is 7.19. The highest BCUT2D eigenvalue weighted by atomic mass is 35.5. The highest BCUT2D eigenvalue weighted by Crippen LogP contribution is 2.39. The van der Waals surface area contributed by atoms with Gasteiger partial charge in [0.25, 0.3) is 0 Å². The molecular weight excluding hydrogens is 260 g/mol.